The topological polar surface area (TPSA) is 38.9 Å². The van der Waals surface area contributed by atoms with Gasteiger partial charge in [-0.15, -0.1) is 0 Å². The zero-order valence-electron chi connectivity index (χ0n) is 6.83. The summed E-state index contributed by atoms with van der Waals surface area (Å²) < 4.78 is 0. The molecule has 1 heterocycles. The second kappa shape index (κ2) is 3.19. The van der Waals surface area contributed by atoms with Crippen molar-refractivity contribution in [3.63, 3.8) is 0 Å². The van der Waals surface area contributed by atoms with Crippen LogP contribution in [0.15, 0.2) is 18.3 Å². The highest BCUT2D eigenvalue weighted by Gasteiger charge is 1.93. The van der Waals surface area contributed by atoms with Gasteiger partial charge in [0, 0.05) is 6.20 Å². The molecular weight excluding hydrogens is 136 g/mol. The van der Waals surface area contributed by atoms with Gasteiger partial charge in [-0.2, -0.15) is 0 Å². The lowest BCUT2D eigenvalue weighted by Gasteiger charge is -1.98. The minimum absolute atomic E-state index is 0.609. The number of anilines is 1. The van der Waals surface area contributed by atoms with Crippen molar-refractivity contribution in [2.24, 2.45) is 0 Å². The Labute approximate surface area is 66.8 Å². The van der Waals surface area contributed by atoms with Crippen molar-refractivity contribution in [3.8, 4) is 0 Å². The summed E-state index contributed by atoms with van der Waals surface area (Å²) in [4.78, 5) is 4.02. The minimum atomic E-state index is 0.609. The molecule has 0 saturated heterocycles. The van der Waals surface area contributed by atoms with Gasteiger partial charge in [-0.1, -0.05) is 12.2 Å². The smallest absolute Gasteiger partial charge is 0.126 e. The predicted octanol–water partition coefficient (Wildman–Crippen LogP) is 2.01. The van der Waals surface area contributed by atoms with Gasteiger partial charge in [-0.3, -0.25) is 0 Å². The number of aryl methyl sites for hydroxylation is 1. The predicted molar refractivity (Wildman–Crippen MR) is 48.1 cm³/mol. The third kappa shape index (κ3) is 1.80. The zero-order valence-corrected chi connectivity index (χ0v) is 6.83. The van der Waals surface area contributed by atoms with Gasteiger partial charge in [0.25, 0.3) is 0 Å². The molecule has 0 spiro atoms. The molecule has 0 aliphatic heterocycles. The van der Waals surface area contributed by atoms with E-state index >= 15 is 0 Å². The van der Waals surface area contributed by atoms with Gasteiger partial charge in [0.1, 0.15) is 5.82 Å². The third-order valence-corrected chi connectivity index (χ3v) is 1.50. The molecule has 58 valence electrons. The Morgan fingerprint density at radius 1 is 1.55 bits per heavy atom. The van der Waals surface area contributed by atoms with Crippen LogP contribution in [-0.4, -0.2) is 4.98 Å². The van der Waals surface area contributed by atoms with E-state index in [1.54, 1.807) is 6.20 Å². The molecule has 0 amide bonds. The number of hydrogen-bond acceptors (Lipinski definition) is 2. The maximum atomic E-state index is 5.55. The number of nitrogen functional groups attached to an aromatic ring is 1. The normalized spacial score (nSPS) is 10.7. The van der Waals surface area contributed by atoms with Crippen LogP contribution in [0.5, 0.6) is 0 Å². The Morgan fingerprint density at radius 3 is 2.82 bits per heavy atom. The van der Waals surface area contributed by atoms with E-state index in [9.17, 15) is 0 Å². The van der Waals surface area contributed by atoms with Crippen LogP contribution in [0.2, 0.25) is 0 Å². The highest BCUT2D eigenvalue weighted by atomic mass is 14.8. The lowest BCUT2D eigenvalue weighted by Crippen LogP contribution is -1.93. The summed E-state index contributed by atoms with van der Waals surface area (Å²) in [6, 6.07) is 2.02. The molecule has 1 aromatic heterocycles. The Kier molecular flexibility index (Phi) is 2.26. The van der Waals surface area contributed by atoms with Crippen LogP contribution in [0.25, 0.3) is 6.08 Å². The fourth-order valence-electron chi connectivity index (χ4n) is 0.891. The number of rotatable bonds is 1. The largest absolute Gasteiger partial charge is 0.383 e. The summed E-state index contributed by atoms with van der Waals surface area (Å²) in [5, 5.41) is 0. The average Bonchev–Trinajstić information content (AvgIpc) is 1.98. The fourth-order valence-corrected chi connectivity index (χ4v) is 0.891. The van der Waals surface area contributed by atoms with Crippen LogP contribution in [0.1, 0.15) is 18.1 Å². The summed E-state index contributed by atoms with van der Waals surface area (Å²) in [5.41, 5.74) is 7.67. The molecule has 1 aromatic rings. The summed E-state index contributed by atoms with van der Waals surface area (Å²) in [5.74, 6) is 0.609. The van der Waals surface area contributed by atoms with Crippen LogP contribution in [-0.2, 0) is 0 Å². The molecule has 2 heteroatoms. The van der Waals surface area contributed by atoms with Gasteiger partial charge < -0.3 is 5.73 Å². The van der Waals surface area contributed by atoms with Crippen molar-refractivity contribution in [2.45, 2.75) is 13.8 Å². The summed E-state index contributed by atoms with van der Waals surface area (Å²) in [7, 11) is 0. The molecule has 0 bridgehead atoms. The van der Waals surface area contributed by atoms with Crippen LogP contribution in [0.4, 0.5) is 5.82 Å². The molecule has 0 radical (unpaired) electrons. The van der Waals surface area contributed by atoms with Crippen molar-refractivity contribution in [1.29, 1.82) is 0 Å². The fraction of sp³-hybridized carbons (Fsp3) is 0.222. The first-order chi connectivity index (χ1) is 5.24. The third-order valence-electron chi connectivity index (χ3n) is 1.50. The second-order valence-electron chi connectivity index (χ2n) is 2.47. The van der Waals surface area contributed by atoms with Crippen LogP contribution in [0, 0.1) is 6.92 Å². The Morgan fingerprint density at radius 2 is 2.27 bits per heavy atom. The first kappa shape index (κ1) is 7.79. The zero-order chi connectivity index (χ0) is 8.27. The molecule has 0 aliphatic carbocycles. The molecule has 0 aromatic carbocycles. The lowest BCUT2D eigenvalue weighted by atomic mass is 10.2. The minimum Gasteiger partial charge on any atom is -0.383 e. The molecule has 0 saturated carbocycles. The van der Waals surface area contributed by atoms with Gasteiger partial charge in [0.05, 0.1) is 0 Å². The standard InChI is InChI=1S/C9H12N2/c1-3-4-8-5-7(2)9(10)11-6-8/h3-6H,1-2H3,(H2,10,11). The molecule has 0 atom stereocenters. The molecular formula is C9H12N2. The van der Waals surface area contributed by atoms with Gasteiger partial charge in [0.2, 0.25) is 0 Å². The van der Waals surface area contributed by atoms with Gasteiger partial charge in [0.15, 0.2) is 0 Å². The monoisotopic (exact) mass is 148 g/mol. The highest BCUT2D eigenvalue weighted by molar-refractivity contribution is 5.52. The molecule has 2 N–H and O–H groups in total. The van der Waals surface area contributed by atoms with Crippen LogP contribution >= 0.6 is 0 Å². The Balaban J connectivity index is 3.05. The van der Waals surface area contributed by atoms with Crippen molar-refractivity contribution in [1.82, 2.24) is 4.98 Å². The van der Waals surface area contributed by atoms with Crippen molar-refractivity contribution in [3.05, 3.63) is 29.5 Å². The number of nitrogens with two attached hydrogens (primary N) is 1. The molecule has 11 heavy (non-hydrogen) atoms. The van der Waals surface area contributed by atoms with E-state index in [0.717, 1.165) is 11.1 Å². The van der Waals surface area contributed by atoms with Crippen LogP contribution in [0.3, 0.4) is 0 Å². The van der Waals surface area contributed by atoms with Gasteiger partial charge in [-0.25, -0.2) is 4.98 Å². The molecule has 0 fully saturated rings. The lowest BCUT2D eigenvalue weighted by molar-refractivity contribution is 1.27. The number of aromatic nitrogens is 1. The summed E-state index contributed by atoms with van der Waals surface area (Å²) in [6.45, 7) is 3.93. The van der Waals surface area contributed by atoms with Gasteiger partial charge >= 0.3 is 0 Å². The van der Waals surface area contributed by atoms with Crippen molar-refractivity contribution >= 4 is 11.9 Å². The van der Waals surface area contributed by atoms with E-state index in [2.05, 4.69) is 4.98 Å². The molecule has 2 nitrogen and oxygen atoms in total. The number of pyridine rings is 1. The quantitative estimate of drug-likeness (QED) is 0.661. The number of hydrogen-bond donors (Lipinski definition) is 1. The Hall–Kier alpha value is -1.31. The van der Waals surface area contributed by atoms with E-state index in [1.165, 1.54) is 0 Å². The first-order valence-electron chi connectivity index (χ1n) is 3.59. The van der Waals surface area contributed by atoms with E-state index in [-0.39, 0.29) is 0 Å². The SMILES string of the molecule is CC=Cc1cnc(N)c(C)c1. The summed E-state index contributed by atoms with van der Waals surface area (Å²) in [6.07, 6.45) is 5.74. The summed E-state index contributed by atoms with van der Waals surface area (Å²) >= 11 is 0. The average molecular weight is 148 g/mol. The highest BCUT2D eigenvalue weighted by Crippen LogP contribution is 2.09. The second-order valence-corrected chi connectivity index (χ2v) is 2.47. The van der Waals surface area contributed by atoms with E-state index in [0.29, 0.717) is 5.82 Å². The van der Waals surface area contributed by atoms with E-state index < -0.39 is 0 Å². The van der Waals surface area contributed by atoms with Crippen LogP contribution < -0.4 is 5.73 Å². The van der Waals surface area contributed by atoms with Crippen molar-refractivity contribution in [2.75, 3.05) is 5.73 Å². The maximum absolute atomic E-state index is 5.55. The Bertz CT molecular complexity index is 277. The van der Waals surface area contributed by atoms with Gasteiger partial charge in [-0.05, 0) is 31.0 Å². The van der Waals surface area contributed by atoms with E-state index in [4.69, 9.17) is 5.73 Å². The molecule has 1 rings (SSSR count). The number of allylic oxidation sites excluding steroid dienone is 1. The molecule has 0 unspecified atom stereocenters. The number of nitrogens with zero attached hydrogens (tertiary/aromatic N) is 1. The van der Waals surface area contributed by atoms with E-state index in [1.807, 2.05) is 32.1 Å². The first-order valence-corrected chi connectivity index (χ1v) is 3.59. The maximum Gasteiger partial charge on any atom is 0.126 e. The van der Waals surface area contributed by atoms with Crippen molar-refractivity contribution < 1.29 is 0 Å². The molecule has 0 aliphatic rings.